The van der Waals surface area contributed by atoms with Gasteiger partial charge in [-0.1, -0.05) is 42.5 Å². The van der Waals surface area contributed by atoms with Crippen LogP contribution in [-0.2, 0) is 0 Å². The number of benzene rings is 3. The lowest BCUT2D eigenvalue weighted by Gasteiger charge is -2.12. The van der Waals surface area contributed by atoms with Crippen LogP contribution >= 0.6 is 11.3 Å². The third-order valence-electron chi connectivity index (χ3n) is 4.95. The predicted octanol–water partition coefficient (Wildman–Crippen LogP) is 4.81. The van der Waals surface area contributed by atoms with Crippen molar-refractivity contribution in [1.82, 2.24) is 4.68 Å². The van der Waals surface area contributed by atoms with Crippen molar-refractivity contribution in [3.63, 3.8) is 0 Å². The quantitative estimate of drug-likeness (QED) is 0.410. The minimum absolute atomic E-state index is 0.547. The standard InChI is InChI=1S/C24H23N3O3S/c1-25-24-27(26-14-16-12-21(28-2)23(30-4)22(13-16)29-3)20(15-31-24)19-11-7-9-17-8-5-6-10-18(17)19/h5-15H,1-4H3. The van der Waals surface area contributed by atoms with Crippen molar-refractivity contribution in [2.24, 2.45) is 10.1 Å². The summed E-state index contributed by atoms with van der Waals surface area (Å²) < 4.78 is 18.2. The maximum atomic E-state index is 5.45. The molecule has 0 aliphatic carbocycles. The Morgan fingerprint density at radius 2 is 1.61 bits per heavy atom. The number of fused-ring (bicyclic) bond motifs is 1. The number of hydrogen-bond donors (Lipinski definition) is 0. The summed E-state index contributed by atoms with van der Waals surface area (Å²) in [5.41, 5.74) is 2.90. The Balaban J connectivity index is 1.84. The molecule has 0 spiro atoms. The minimum Gasteiger partial charge on any atom is -0.493 e. The number of hydrogen-bond acceptors (Lipinski definition) is 6. The van der Waals surface area contributed by atoms with E-state index < -0.39 is 0 Å². The number of methoxy groups -OCH3 is 3. The monoisotopic (exact) mass is 433 g/mol. The van der Waals surface area contributed by atoms with Crippen LogP contribution in [0.25, 0.3) is 22.0 Å². The second-order valence-electron chi connectivity index (χ2n) is 6.67. The maximum absolute atomic E-state index is 5.45. The van der Waals surface area contributed by atoms with Crippen LogP contribution in [0.15, 0.2) is 70.1 Å². The van der Waals surface area contributed by atoms with Gasteiger partial charge in [-0.05, 0) is 22.9 Å². The van der Waals surface area contributed by atoms with E-state index in [1.54, 1.807) is 45.9 Å². The van der Waals surface area contributed by atoms with Gasteiger partial charge in [0.05, 0.1) is 33.2 Å². The van der Waals surface area contributed by atoms with Crippen LogP contribution < -0.4 is 19.0 Å². The van der Waals surface area contributed by atoms with Gasteiger partial charge in [0.1, 0.15) is 0 Å². The van der Waals surface area contributed by atoms with Gasteiger partial charge in [0.15, 0.2) is 11.5 Å². The second kappa shape index (κ2) is 9.06. The highest BCUT2D eigenvalue weighted by atomic mass is 32.1. The van der Waals surface area contributed by atoms with E-state index in [9.17, 15) is 0 Å². The van der Waals surface area contributed by atoms with E-state index in [4.69, 9.17) is 19.3 Å². The summed E-state index contributed by atoms with van der Waals surface area (Å²) in [5, 5.41) is 9.18. The van der Waals surface area contributed by atoms with E-state index in [-0.39, 0.29) is 0 Å². The molecule has 7 heteroatoms. The zero-order chi connectivity index (χ0) is 21.8. The smallest absolute Gasteiger partial charge is 0.205 e. The molecule has 0 saturated carbocycles. The van der Waals surface area contributed by atoms with Crippen LogP contribution in [0.1, 0.15) is 5.56 Å². The minimum atomic E-state index is 0.547. The highest BCUT2D eigenvalue weighted by Crippen LogP contribution is 2.37. The first-order chi connectivity index (χ1) is 15.2. The molecule has 1 aromatic heterocycles. The molecule has 6 nitrogen and oxygen atoms in total. The van der Waals surface area contributed by atoms with Crippen LogP contribution in [0.2, 0.25) is 0 Å². The molecule has 158 valence electrons. The first-order valence-electron chi connectivity index (χ1n) is 9.66. The Hall–Kier alpha value is -3.58. The molecule has 0 bridgehead atoms. The predicted molar refractivity (Wildman–Crippen MR) is 126 cm³/mol. The van der Waals surface area contributed by atoms with E-state index in [1.165, 1.54) is 10.8 Å². The molecule has 0 aliphatic rings. The van der Waals surface area contributed by atoms with Crippen molar-refractivity contribution < 1.29 is 14.2 Å². The molecule has 1 heterocycles. The SMILES string of the molecule is CN=c1scc(-c2cccc3ccccc23)n1N=Cc1cc(OC)c(OC)c(OC)c1. The maximum Gasteiger partial charge on any atom is 0.205 e. The molecule has 0 fully saturated rings. The fourth-order valence-corrected chi connectivity index (χ4v) is 4.29. The molecule has 4 aromatic rings. The van der Waals surface area contributed by atoms with Crippen molar-refractivity contribution in [3.8, 4) is 28.5 Å². The van der Waals surface area contributed by atoms with Gasteiger partial charge in [-0.2, -0.15) is 5.10 Å². The van der Waals surface area contributed by atoms with Crippen LogP contribution in [0, 0.1) is 0 Å². The molecule has 0 radical (unpaired) electrons. The van der Waals surface area contributed by atoms with E-state index in [0.29, 0.717) is 17.2 Å². The zero-order valence-electron chi connectivity index (χ0n) is 17.8. The average Bonchev–Trinajstić information content (AvgIpc) is 3.24. The normalized spacial score (nSPS) is 11.9. The fourth-order valence-electron chi connectivity index (χ4n) is 3.50. The first-order valence-corrected chi connectivity index (χ1v) is 10.5. The number of ether oxygens (including phenoxy) is 3. The van der Waals surface area contributed by atoms with E-state index in [0.717, 1.165) is 21.6 Å². The Labute approximate surface area is 184 Å². The third kappa shape index (κ3) is 3.92. The summed E-state index contributed by atoms with van der Waals surface area (Å²) in [6.07, 6.45) is 1.76. The first kappa shape index (κ1) is 20.7. The summed E-state index contributed by atoms with van der Waals surface area (Å²) in [6.45, 7) is 0. The molecular weight excluding hydrogens is 410 g/mol. The highest BCUT2D eigenvalue weighted by Gasteiger charge is 2.13. The molecule has 0 saturated heterocycles. The lowest BCUT2D eigenvalue weighted by atomic mass is 10.0. The molecule has 3 aromatic carbocycles. The number of nitrogens with zero attached hydrogens (tertiary/aromatic N) is 3. The lowest BCUT2D eigenvalue weighted by molar-refractivity contribution is 0.324. The lowest BCUT2D eigenvalue weighted by Crippen LogP contribution is -2.11. The van der Waals surface area contributed by atoms with Gasteiger partial charge in [0.25, 0.3) is 0 Å². The van der Waals surface area contributed by atoms with Crippen molar-refractivity contribution in [2.45, 2.75) is 0 Å². The van der Waals surface area contributed by atoms with Crippen LogP contribution in [-0.4, -0.2) is 39.3 Å². The van der Waals surface area contributed by atoms with Crippen molar-refractivity contribution in [2.75, 3.05) is 28.4 Å². The van der Waals surface area contributed by atoms with Crippen LogP contribution in [0.3, 0.4) is 0 Å². The van der Waals surface area contributed by atoms with Gasteiger partial charge < -0.3 is 14.2 Å². The van der Waals surface area contributed by atoms with Crippen LogP contribution in [0.5, 0.6) is 17.2 Å². The molecule has 0 unspecified atom stereocenters. The Bertz CT molecular complexity index is 1290. The van der Waals surface area contributed by atoms with E-state index in [1.807, 2.05) is 28.9 Å². The fraction of sp³-hybridized carbons (Fsp3) is 0.167. The summed E-state index contributed by atoms with van der Waals surface area (Å²) >= 11 is 1.55. The van der Waals surface area contributed by atoms with Gasteiger partial charge >= 0.3 is 0 Å². The summed E-state index contributed by atoms with van der Waals surface area (Å²) in [6, 6.07) is 18.3. The summed E-state index contributed by atoms with van der Waals surface area (Å²) in [7, 11) is 6.54. The van der Waals surface area contributed by atoms with Gasteiger partial charge in [-0.3, -0.25) is 4.99 Å². The molecule has 0 aliphatic heterocycles. The Morgan fingerprint density at radius 3 is 2.29 bits per heavy atom. The molecule has 0 atom stereocenters. The summed E-state index contributed by atoms with van der Waals surface area (Å²) in [5.74, 6) is 1.70. The molecular formula is C24H23N3O3S. The number of rotatable bonds is 6. The largest absolute Gasteiger partial charge is 0.493 e. The Morgan fingerprint density at radius 1 is 0.903 bits per heavy atom. The van der Waals surface area contributed by atoms with Gasteiger partial charge in [0, 0.05) is 23.6 Å². The van der Waals surface area contributed by atoms with Crippen molar-refractivity contribution in [1.29, 1.82) is 0 Å². The van der Waals surface area contributed by atoms with Gasteiger partial charge in [-0.15, -0.1) is 11.3 Å². The molecule has 4 rings (SSSR count). The third-order valence-corrected chi connectivity index (χ3v) is 5.86. The van der Waals surface area contributed by atoms with Crippen molar-refractivity contribution in [3.05, 3.63) is 70.3 Å². The number of aromatic nitrogens is 1. The molecule has 0 amide bonds. The van der Waals surface area contributed by atoms with Crippen LogP contribution in [0.4, 0.5) is 0 Å². The molecule has 31 heavy (non-hydrogen) atoms. The van der Waals surface area contributed by atoms with E-state index in [2.05, 4.69) is 40.7 Å². The van der Waals surface area contributed by atoms with Crippen molar-refractivity contribution >= 4 is 28.3 Å². The number of thiazole rings is 1. The summed E-state index contributed by atoms with van der Waals surface area (Å²) in [4.78, 5) is 5.20. The van der Waals surface area contributed by atoms with Gasteiger partial charge in [0.2, 0.25) is 10.6 Å². The van der Waals surface area contributed by atoms with Gasteiger partial charge in [-0.25, -0.2) is 4.68 Å². The van der Waals surface area contributed by atoms with E-state index >= 15 is 0 Å². The topological polar surface area (TPSA) is 57.3 Å². The second-order valence-corrected chi connectivity index (χ2v) is 7.51. The average molecular weight is 434 g/mol. The molecule has 0 N–H and O–H groups in total. The Kier molecular flexibility index (Phi) is 6.04. The zero-order valence-corrected chi connectivity index (χ0v) is 18.6. The highest BCUT2D eigenvalue weighted by molar-refractivity contribution is 7.07.